The Morgan fingerprint density at radius 1 is 0.939 bits per heavy atom. The number of nitrogens with zero attached hydrogens (tertiary/aromatic N) is 1. The molecule has 1 saturated heterocycles. The van der Waals surface area contributed by atoms with Crippen molar-refractivity contribution < 1.29 is 28.5 Å². The van der Waals surface area contributed by atoms with Crippen molar-refractivity contribution in [2.45, 2.75) is 19.9 Å². The van der Waals surface area contributed by atoms with Crippen molar-refractivity contribution in [3.05, 3.63) is 47.5 Å². The average Bonchev–Trinajstić information content (AvgIpc) is 2.85. The third-order valence-corrected chi connectivity index (χ3v) is 5.54. The van der Waals surface area contributed by atoms with Gasteiger partial charge in [-0.1, -0.05) is 6.07 Å². The summed E-state index contributed by atoms with van der Waals surface area (Å²) in [6.07, 6.45) is 0. The molecule has 0 saturated carbocycles. The predicted octanol–water partition coefficient (Wildman–Crippen LogP) is 3.30. The van der Waals surface area contributed by atoms with Crippen LogP contribution in [0.4, 0.5) is 0 Å². The first-order valence-electron chi connectivity index (χ1n) is 11.3. The van der Waals surface area contributed by atoms with Gasteiger partial charge in [0.05, 0.1) is 46.7 Å². The number of benzene rings is 2. The highest BCUT2D eigenvalue weighted by Crippen LogP contribution is 2.32. The van der Waals surface area contributed by atoms with Gasteiger partial charge in [-0.25, -0.2) is 0 Å². The zero-order chi connectivity index (χ0) is 23.6. The molecule has 1 aliphatic rings. The lowest BCUT2D eigenvalue weighted by Crippen LogP contribution is -2.43. The van der Waals surface area contributed by atoms with Gasteiger partial charge in [-0.05, 0) is 49.7 Å². The summed E-state index contributed by atoms with van der Waals surface area (Å²) in [5, 5.41) is 3.09. The number of hydrogen-bond donors (Lipinski definition) is 1. The SMILES string of the molecule is CCOc1ccc(C(=O)NC[C@@H](c2ccc(OC)c(OC)c2)N2CCOCC2)cc1OCC. The average molecular weight is 459 g/mol. The van der Waals surface area contributed by atoms with Crippen LogP contribution in [0.5, 0.6) is 23.0 Å². The Balaban J connectivity index is 1.79. The Morgan fingerprint density at radius 2 is 1.61 bits per heavy atom. The van der Waals surface area contributed by atoms with Crippen molar-refractivity contribution in [3.8, 4) is 23.0 Å². The van der Waals surface area contributed by atoms with Crippen molar-refractivity contribution in [2.24, 2.45) is 0 Å². The van der Waals surface area contributed by atoms with Gasteiger partial charge >= 0.3 is 0 Å². The lowest BCUT2D eigenvalue weighted by Gasteiger charge is -2.35. The fourth-order valence-electron chi connectivity index (χ4n) is 3.89. The number of methoxy groups -OCH3 is 2. The number of hydrogen-bond acceptors (Lipinski definition) is 7. The maximum atomic E-state index is 13.0. The molecule has 0 radical (unpaired) electrons. The van der Waals surface area contributed by atoms with E-state index < -0.39 is 0 Å². The Labute approximate surface area is 195 Å². The lowest BCUT2D eigenvalue weighted by atomic mass is 10.0. The number of morpholine rings is 1. The zero-order valence-electron chi connectivity index (χ0n) is 19.9. The van der Waals surface area contributed by atoms with Gasteiger partial charge < -0.3 is 29.0 Å². The summed E-state index contributed by atoms with van der Waals surface area (Å²) in [5.41, 5.74) is 1.56. The Bertz CT molecular complexity index is 914. The van der Waals surface area contributed by atoms with E-state index in [1.54, 1.807) is 32.4 Å². The summed E-state index contributed by atoms with van der Waals surface area (Å²) in [7, 11) is 3.24. The minimum atomic E-state index is -0.169. The number of nitrogens with one attached hydrogen (secondary N) is 1. The van der Waals surface area contributed by atoms with Crippen LogP contribution < -0.4 is 24.3 Å². The first-order chi connectivity index (χ1) is 16.1. The van der Waals surface area contributed by atoms with Gasteiger partial charge in [0.25, 0.3) is 5.91 Å². The fourth-order valence-corrected chi connectivity index (χ4v) is 3.89. The van der Waals surface area contributed by atoms with E-state index in [4.69, 9.17) is 23.7 Å². The highest BCUT2D eigenvalue weighted by Gasteiger charge is 2.25. The second-order valence-corrected chi connectivity index (χ2v) is 7.52. The second-order valence-electron chi connectivity index (χ2n) is 7.52. The fraction of sp³-hybridized carbons (Fsp3) is 0.480. The van der Waals surface area contributed by atoms with Crippen LogP contribution in [0.15, 0.2) is 36.4 Å². The van der Waals surface area contributed by atoms with E-state index in [-0.39, 0.29) is 11.9 Å². The quantitative estimate of drug-likeness (QED) is 0.554. The van der Waals surface area contributed by atoms with Gasteiger partial charge in [0, 0.05) is 25.2 Å². The number of carbonyl (C=O) groups excluding carboxylic acids is 1. The molecule has 1 fully saturated rings. The van der Waals surface area contributed by atoms with E-state index in [1.807, 2.05) is 32.0 Å². The van der Waals surface area contributed by atoms with Gasteiger partial charge in [0.1, 0.15) is 0 Å². The van der Waals surface area contributed by atoms with Crippen LogP contribution in [0, 0.1) is 0 Å². The third kappa shape index (κ3) is 6.30. The Kier molecular flexibility index (Phi) is 9.21. The molecule has 8 nitrogen and oxygen atoms in total. The van der Waals surface area contributed by atoms with Crippen molar-refractivity contribution in [2.75, 3.05) is 60.3 Å². The molecule has 2 aromatic carbocycles. The highest BCUT2D eigenvalue weighted by molar-refractivity contribution is 5.94. The van der Waals surface area contributed by atoms with Crippen LogP contribution in [0.25, 0.3) is 0 Å². The second kappa shape index (κ2) is 12.3. The van der Waals surface area contributed by atoms with Crippen LogP contribution in [-0.2, 0) is 4.74 Å². The van der Waals surface area contributed by atoms with Gasteiger partial charge in [-0.15, -0.1) is 0 Å². The van der Waals surface area contributed by atoms with E-state index >= 15 is 0 Å². The zero-order valence-corrected chi connectivity index (χ0v) is 19.9. The molecule has 0 unspecified atom stereocenters. The molecule has 3 rings (SSSR count). The summed E-state index contributed by atoms with van der Waals surface area (Å²) < 4.78 is 27.7. The molecule has 0 aliphatic carbocycles. The summed E-state index contributed by atoms with van der Waals surface area (Å²) in [6.45, 7) is 8.16. The van der Waals surface area contributed by atoms with E-state index in [0.29, 0.717) is 61.5 Å². The molecule has 1 N–H and O–H groups in total. The summed E-state index contributed by atoms with van der Waals surface area (Å²) >= 11 is 0. The largest absolute Gasteiger partial charge is 0.493 e. The van der Waals surface area contributed by atoms with Crippen LogP contribution in [0.3, 0.4) is 0 Å². The van der Waals surface area contributed by atoms with Gasteiger partial charge in [0.15, 0.2) is 23.0 Å². The Morgan fingerprint density at radius 3 is 2.27 bits per heavy atom. The lowest BCUT2D eigenvalue weighted by molar-refractivity contribution is 0.0162. The van der Waals surface area contributed by atoms with Crippen LogP contribution in [0.1, 0.15) is 35.8 Å². The van der Waals surface area contributed by atoms with Crippen molar-refractivity contribution in [3.63, 3.8) is 0 Å². The van der Waals surface area contributed by atoms with Crippen molar-refractivity contribution in [1.29, 1.82) is 0 Å². The molecular formula is C25H34N2O6. The maximum Gasteiger partial charge on any atom is 0.251 e. The third-order valence-electron chi connectivity index (χ3n) is 5.54. The molecule has 0 aromatic heterocycles. The molecule has 0 bridgehead atoms. The van der Waals surface area contributed by atoms with E-state index in [9.17, 15) is 4.79 Å². The van der Waals surface area contributed by atoms with Gasteiger partial charge in [-0.3, -0.25) is 9.69 Å². The Hall–Kier alpha value is -2.97. The van der Waals surface area contributed by atoms with E-state index in [1.165, 1.54) is 0 Å². The van der Waals surface area contributed by atoms with Crippen LogP contribution in [0.2, 0.25) is 0 Å². The normalized spacial score (nSPS) is 14.9. The van der Waals surface area contributed by atoms with Gasteiger partial charge in [0.2, 0.25) is 0 Å². The minimum Gasteiger partial charge on any atom is -0.493 e. The molecule has 1 amide bonds. The molecule has 180 valence electrons. The molecule has 0 spiro atoms. The molecule has 2 aromatic rings. The van der Waals surface area contributed by atoms with E-state index in [2.05, 4.69) is 10.2 Å². The van der Waals surface area contributed by atoms with Crippen LogP contribution >= 0.6 is 0 Å². The summed E-state index contributed by atoms with van der Waals surface area (Å²) in [6, 6.07) is 11.1. The number of amides is 1. The summed E-state index contributed by atoms with van der Waals surface area (Å²) in [4.78, 5) is 15.3. The topological polar surface area (TPSA) is 78.5 Å². The smallest absolute Gasteiger partial charge is 0.251 e. The minimum absolute atomic E-state index is 0.0354. The molecule has 1 aliphatic heterocycles. The van der Waals surface area contributed by atoms with Gasteiger partial charge in [-0.2, -0.15) is 0 Å². The molecule has 1 heterocycles. The number of ether oxygens (including phenoxy) is 5. The molecule has 33 heavy (non-hydrogen) atoms. The van der Waals surface area contributed by atoms with Crippen molar-refractivity contribution >= 4 is 5.91 Å². The number of carbonyl (C=O) groups is 1. The first kappa shape index (κ1) is 24.7. The molecule has 1 atom stereocenters. The maximum absolute atomic E-state index is 13.0. The van der Waals surface area contributed by atoms with E-state index in [0.717, 1.165) is 18.7 Å². The standard InChI is InChI=1S/C25H34N2O6/c1-5-32-22-10-8-19(16-24(22)33-6-2)25(28)26-17-20(27-11-13-31-14-12-27)18-7-9-21(29-3)23(15-18)30-4/h7-10,15-16,20H,5-6,11-14,17H2,1-4H3,(H,26,28)/t20-/m0/s1. The molecule has 8 heteroatoms. The monoisotopic (exact) mass is 458 g/mol. The first-order valence-corrected chi connectivity index (χ1v) is 11.3. The highest BCUT2D eigenvalue weighted by atomic mass is 16.5. The summed E-state index contributed by atoms with van der Waals surface area (Å²) in [5.74, 6) is 2.36. The number of rotatable bonds is 11. The predicted molar refractivity (Wildman–Crippen MR) is 126 cm³/mol. The van der Waals surface area contributed by atoms with Crippen LogP contribution in [-0.4, -0.2) is 71.1 Å². The van der Waals surface area contributed by atoms with Crippen molar-refractivity contribution in [1.82, 2.24) is 10.2 Å². The molecular weight excluding hydrogens is 424 g/mol.